The summed E-state index contributed by atoms with van der Waals surface area (Å²) < 4.78 is 0. The smallest absolute Gasteiger partial charge is 0.224 e. The molecule has 2 rings (SSSR count). The van der Waals surface area contributed by atoms with E-state index in [0.717, 1.165) is 31.1 Å². The molecule has 6 nitrogen and oxygen atoms in total. The molecule has 3 N–H and O–H groups in total. The largest absolute Gasteiger partial charge is 0.355 e. The van der Waals surface area contributed by atoms with Crippen LogP contribution < -0.4 is 16.0 Å². The molecule has 1 aliphatic rings. The van der Waals surface area contributed by atoms with Crippen LogP contribution in [-0.2, 0) is 4.79 Å². The van der Waals surface area contributed by atoms with Gasteiger partial charge in [0.1, 0.15) is 5.51 Å². The first kappa shape index (κ1) is 12.3. The summed E-state index contributed by atoms with van der Waals surface area (Å²) in [4.78, 5) is 14.0. The van der Waals surface area contributed by atoms with Crippen molar-refractivity contribution in [2.75, 3.05) is 31.1 Å². The molecule has 1 fully saturated rings. The number of nitrogens with two attached hydrogens (primary N) is 1. The molecule has 0 bridgehead atoms. The van der Waals surface area contributed by atoms with E-state index in [1.807, 2.05) is 0 Å². The Morgan fingerprint density at radius 1 is 1.71 bits per heavy atom. The van der Waals surface area contributed by atoms with Crippen LogP contribution >= 0.6 is 11.3 Å². The molecule has 0 radical (unpaired) electrons. The number of piperidine rings is 1. The summed E-state index contributed by atoms with van der Waals surface area (Å²) in [6.45, 7) is 2.72. The fourth-order valence-corrected chi connectivity index (χ4v) is 2.61. The number of hydrogen-bond donors (Lipinski definition) is 2. The number of carbonyl (C=O) groups is 1. The van der Waals surface area contributed by atoms with Gasteiger partial charge in [-0.3, -0.25) is 4.79 Å². The third-order valence-electron chi connectivity index (χ3n) is 2.85. The summed E-state index contributed by atoms with van der Waals surface area (Å²) in [5.74, 6) is 0.142. The minimum absolute atomic E-state index is 0.0409. The monoisotopic (exact) mass is 255 g/mol. The number of rotatable bonds is 4. The summed E-state index contributed by atoms with van der Waals surface area (Å²) in [6.07, 6.45) is 1.95. The van der Waals surface area contributed by atoms with Gasteiger partial charge in [-0.2, -0.15) is 0 Å². The van der Waals surface area contributed by atoms with E-state index in [9.17, 15) is 4.79 Å². The Balaban J connectivity index is 1.90. The molecule has 1 aromatic heterocycles. The molecule has 1 saturated heterocycles. The zero-order chi connectivity index (χ0) is 12.1. The van der Waals surface area contributed by atoms with Crippen LogP contribution in [-0.4, -0.2) is 42.3 Å². The fraction of sp³-hybridized carbons (Fsp3) is 0.700. The number of aromatic nitrogens is 2. The van der Waals surface area contributed by atoms with Crippen molar-refractivity contribution in [2.45, 2.75) is 12.8 Å². The Labute approximate surface area is 104 Å². The number of hydrogen-bond acceptors (Lipinski definition) is 6. The molecule has 2 heterocycles. The molecule has 1 aromatic rings. The van der Waals surface area contributed by atoms with Gasteiger partial charge in [-0.15, -0.1) is 10.2 Å². The molecule has 0 saturated carbocycles. The van der Waals surface area contributed by atoms with Crippen LogP contribution in [0.15, 0.2) is 5.51 Å². The Kier molecular flexibility index (Phi) is 4.27. The molecular formula is C10H17N5OS. The highest BCUT2D eigenvalue weighted by atomic mass is 32.1. The van der Waals surface area contributed by atoms with Gasteiger partial charge in [0.05, 0.1) is 5.92 Å². The standard InChI is InChI=1S/C10H17N5OS/c11-3-4-12-9(16)8-2-1-5-15(6-8)10-14-13-7-17-10/h7-8H,1-6,11H2,(H,12,16). The molecule has 1 unspecified atom stereocenters. The summed E-state index contributed by atoms with van der Waals surface area (Å²) in [7, 11) is 0. The van der Waals surface area contributed by atoms with Gasteiger partial charge in [0.15, 0.2) is 0 Å². The van der Waals surface area contributed by atoms with Crippen LogP contribution in [0, 0.1) is 5.92 Å². The van der Waals surface area contributed by atoms with E-state index in [0.29, 0.717) is 13.1 Å². The van der Waals surface area contributed by atoms with Crippen LogP contribution in [0.1, 0.15) is 12.8 Å². The topological polar surface area (TPSA) is 84.1 Å². The van der Waals surface area contributed by atoms with Gasteiger partial charge in [0.2, 0.25) is 11.0 Å². The van der Waals surface area contributed by atoms with Crippen LogP contribution in [0.25, 0.3) is 0 Å². The highest BCUT2D eigenvalue weighted by Gasteiger charge is 2.26. The number of nitrogens with one attached hydrogen (secondary N) is 1. The summed E-state index contributed by atoms with van der Waals surface area (Å²) in [5, 5.41) is 11.6. The maximum atomic E-state index is 11.8. The molecule has 1 amide bonds. The molecule has 17 heavy (non-hydrogen) atoms. The Hall–Kier alpha value is -1.21. The predicted molar refractivity (Wildman–Crippen MR) is 66.9 cm³/mol. The van der Waals surface area contributed by atoms with E-state index in [4.69, 9.17) is 5.73 Å². The molecule has 0 aromatic carbocycles. The third kappa shape index (κ3) is 3.13. The highest BCUT2D eigenvalue weighted by molar-refractivity contribution is 7.13. The van der Waals surface area contributed by atoms with E-state index in [-0.39, 0.29) is 11.8 Å². The summed E-state index contributed by atoms with van der Waals surface area (Å²) in [5.41, 5.74) is 7.08. The van der Waals surface area contributed by atoms with E-state index >= 15 is 0 Å². The maximum absolute atomic E-state index is 11.8. The molecule has 1 aliphatic heterocycles. The van der Waals surface area contributed by atoms with E-state index in [1.54, 1.807) is 5.51 Å². The van der Waals surface area contributed by atoms with Crippen molar-refractivity contribution in [1.29, 1.82) is 0 Å². The molecule has 7 heteroatoms. The first-order valence-electron chi connectivity index (χ1n) is 5.80. The lowest BCUT2D eigenvalue weighted by atomic mass is 9.97. The Morgan fingerprint density at radius 2 is 2.59 bits per heavy atom. The SMILES string of the molecule is NCCNC(=O)C1CCCN(c2nncs2)C1. The molecular weight excluding hydrogens is 238 g/mol. The number of carbonyl (C=O) groups excluding carboxylic acids is 1. The van der Waals surface area contributed by atoms with Crippen molar-refractivity contribution in [2.24, 2.45) is 11.7 Å². The minimum atomic E-state index is 0.0409. The first-order valence-corrected chi connectivity index (χ1v) is 6.68. The van der Waals surface area contributed by atoms with E-state index in [1.165, 1.54) is 11.3 Å². The summed E-state index contributed by atoms with van der Waals surface area (Å²) >= 11 is 1.51. The van der Waals surface area contributed by atoms with Gasteiger partial charge in [0, 0.05) is 26.2 Å². The van der Waals surface area contributed by atoms with Gasteiger partial charge in [-0.1, -0.05) is 11.3 Å². The molecule has 0 spiro atoms. The lowest BCUT2D eigenvalue weighted by molar-refractivity contribution is -0.125. The fourth-order valence-electron chi connectivity index (χ4n) is 2.01. The van der Waals surface area contributed by atoms with Gasteiger partial charge in [-0.05, 0) is 12.8 Å². The Bertz CT molecular complexity index is 356. The predicted octanol–water partition coefficient (Wildman–Crippen LogP) is -0.171. The van der Waals surface area contributed by atoms with Gasteiger partial charge in [-0.25, -0.2) is 0 Å². The quantitative estimate of drug-likeness (QED) is 0.780. The lowest BCUT2D eigenvalue weighted by Crippen LogP contribution is -2.44. The van der Waals surface area contributed by atoms with E-state index < -0.39 is 0 Å². The highest BCUT2D eigenvalue weighted by Crippen LogP contribution is 2.23. The van der Waals surface area contributed by atoms with Crippen LogP contribution in [0.5, 0.6) is 0 Å². The lowest BCUT2D eigenvalue weighted by Gasteiger charge is -2.31. The normalized spacial score (nSPS) is 20.3. The summed E-state index contributed by atoms with van der Waals surface area (Å²) in [6, 6.07) is 0. The molecule has 1 atom stereocenters. The average molecular weight is 255 g/mol. The zero-order valence-electron chi connectivity index (χ0n) is 9.63. The molecule has 0 aliphatic carbocycles. The van der Waals surface area contributed by atoms with Crippen LogP contribution in [0.2, 0.25) is 0 Å². The number of anilines is 1. The van der Waals surface area contributed by atoms with Crippen molar-refractivity contribution < 1.29 is 4.79 Å². The maximum Gasteiger partial charge on any atom is 0.224 e. The van der Waals surface area contributed by atoms with Crippen molar-refractivity contribution in [3.05, 3.63) is 5.51 Å². The van der Waals surface area contributed by atoms with Crippen LogP contribution in [0.4, 0.5) is 5.13 Å². The first-order chi connectivity index (χ1) is 8.31. The van der Waals surface area contributed by atoms with Crippen molar-refractivity contribution in [3.8, 4) is 0 Å². The zero-order valence-corrected chi connectivity index (χ0v) is 10.4. The number of amides is 1. The van der Waals surface area contributed by atoms with Crippen molar-refractivity contribution in [1.82, 2.24) is 15.5 Å². The van der Waals surface area contributed by atoms with Gasteiger partial charge in [0.25, 0.3) is 0 Å². The van der Waals surface area contributed by atoms with Crippen molar-refractivity contribution in [3.63, 3.8) is 0 Å². The molecule has 94 valence electrons. The minimum Gasteiger partial charge on any atom is -0.355 e. The van der Waals surface area contributed by atoms with E-state index in [2.05, 4.69) is 20.4 Å². The second-order valence-corrected chi connectivity index (χ2v) is 4.90. The number of nitrogens with zero attached hydrogens (tertiary/aromatic N) is 3. The van der Waals surface area contributed by atoms with Gasteiger partial charge >= 0.3 is 0 Å². The average Bonchev–Trinajstić information content (AvgIpc) is 2.90. The third-order valence-corrected chi connectivity index (χ3v) is 3.61. The van der Waals surface area contributed by atoms with Crippen LogP contribution in [0.3, 0.4) is 0 Å². The second kappa shape index (κ2) is 5.92. The van der Waals surface area contributed by atoms with Gasteiger partial charge < -0.3 is 16.0 Å². The Morgan fingerprint density at radius 3 is 3.29 bits per heavy atom. The second-order valence-electron chi connectivity index (χ2n) is 4.09. The van der Waals surface area contributed by atoms with Crippen molar-refractivity contribution >= 4 is 22.4 Å².